The Morgan fingerprint density at radius 2 is 2.03 bits per heavy atom. The minimum absolute atomic E-state index is 0.00249. The van der Waals surface area contributed by atoms with Gasteiger partial charge in [0.1, 0.15) is 11.6 Å². The Balaban J connectivity index is 1.42. The lowest BCUT2D eigenvalue weighted by Gasteiger charge is -2.49. The van der Waals surface area contributed by atoms with Crippen molar-refractivity contribution >= 4 is 17.3 Å². The average Bonchev–Trinajstić information content (AvgIpc) is 2.87. The molecule has 6 nitrogen and oxygen atoms in total. The quantitative estimate of drug-likeness (QED) is 0.651. The number of carbonyl (C=O) groups excluding carboxylic acids is 1. The smallest absolute Gasteiger partial charge is 0.225 e. The molecule has 1 amide bonds. The number of methoxy groups -OCH3 is 1. The number of rotatable bonds is 5. The highest BCUT2D eigenvalue weighted by molar-refractivity contribution is 5.82. The van der Waals surface area contributed by atoms with Crippen LogP contribution in [0.1, 0.15) is 11.1 Å². The van der Waals surface area contributed by atoms with Gasteiger partial charge in [-0.3, -0.25) is 9.78 Å². The second kappa shape index (κ2) is 9.10. The van der Waals surface area contributed by atoms with E-state index in [1.54, 1.807) is 19.5 Å². The Morgan fingerprint density at radius 1 is 1.18 bits per heavy atom. The molecule has 0 spiro atoms. The van der Waals surface area contributed by atoms with Gasteiger partial charge < -0.3 is 19.9 Å². The van der Waals surface area contributed by atoms with Crippen molar-refractivity contribution in [1.82, 2.24) is 10.3 Å². The van der Waals surface area contributed by atoms with Crippen LogP contribution < -0.4 is 19.9 Å². The maximum atomic E-state index is 13.5. The third-order valence-corrected chi connectivity index (χ3v) is 6.64. The van der Waals surface area contributed by atoms with Gasteiger partial charge in [0.2, 0.25) is 5.91 Å². The van der Waals surface area contributed by atoms with E-state index in [1.807, 2.05) is 30.3 Å². The normalized spacial score (nSPS) is 19.5. The first-order valence-electron chi connectivity index (χ1n) is 11.2. The summed E-state index contributed by atoms with van der Waals surface area (Å²) in [5.41, 5.74) is 4.24. The van der Waals surface area contributed by atoms with Gasteiger partial charge in [-0.1, -0.05) is 12.1 Å². The molecule has 0 unspecified atom stereocenters. The lowest BCUT2D eigenvalue weighted by molar-refractivity contribution is -0.126. The van der Waals surface area contributed by atoms with Crippen LogP contribution in [0.25, 0.3) is 0 Å². The molecule has 33 heavy (non-hydrogen) atoms. The number of fused-ring (bicyclic) bond motifs is 3. The topological polar surface area (TPSA) is 57.7 Å². The molecular weight excluding hydrogens is 419 g/mol. The largest absolute Gasteiger partial charge is 0.497 e. The van der Waals surface area contributed by atoms with E-state index in [1.165, 1.54) is 12.1 Å². The zero-order valence-electron chi connectivity index (χ0n) is 18.6. The van der Waals surface area contributed by atoms with E-state index in [4.69, 9.17) is 4.74 Å². The van der Waals surface area contributed by atoms with Crippen molar-refractivity contribution in [2.24, 2.45) is 5.92 Å². The van der Waals surface area contributed by atoms with Crippen LogP contribution in [0.15, 0.2) is 67.0 Å². The van der Waals surface area contributed by atoms with Crippen molar-refractivity contribution in [3.8, 4) is 5.75 Å². The second-order valence-corrected chi connectivity index (χ2v) is 8.57. The number of halogens is 1. The molecule has 0 aliphatic carbocycles. The third-order valence-electron chi connectivity index (χ3n) is 6.64. The van der Waals surface area contributed by atoms with Crippen LogP contribution in [0.5, 0.6) is 5.75 Å². The van der Waals surface area contributed by atoms with Gasteiger partial charge in [0.15, 0.2) is 0 Å². The van der Waals surface area contributed by atoms with Crippen molar-refractivity contribution in [2.45, 2.75) is 19.0 Å². The van der Waals surface area contributed by atoms with Gasteiger partial charge in [-0.15, -0.1) is 0 Å². The number of hydrogen-bond acceptors (Lipinski definition) is 5. The number of anilines is 2. The maximum absolute atomic E-state index is 13.5. The summed E-state index contributed by atoms with van der Waals surface area (Å²) in [5, 5.41) is 3.12. The fourth-order valence-corrected chi connectivity index (χ4v) is 4.91. The lowest BCUT2D eigenvalue weighted by atomic mass is 9.83. The van der Waals surface area contributed by atoms with Crippen LogP contribution in [0, 0.1) is 11.7 Å². The van der Waals surface area contributed by atoms with Crippen LogP contribution in [-0.2, 0) is 17.8 Å². The highest BCUT2D eigenvalue weighted by Gasteiger charge is 2.41. The van der Waals surface area contributed by atoms with Crippen molar-refractivity contribution in [2.75, 3.05) is 36.5 Å². The van der Waals surface area contributed by atoms with Crippen LogP contribution in [0.3, 0.4) is 0 Å². The molecule has 2 atom stereocenters. The minimum Gasteiger partial charge on any atom is -0.497 e. The first-order valence-corrected chi connectivity index (χ1v) is 11.2. The van der Waals surface area contributed by atoms with Crippen molar-refractivity contribution in [1.29, 1.82) is 0 Å². The number of nitrogens with zero attached hydrogens (tertiary/aromatic N) is 3. The number of piperazine rings is 1. The van der Waals surface area contributed by atoms with Crippen molar-refractivity contribution < 1.29 is 13.9 Å². The Labute approximate surface area is 193 Å². The molecule has 5 rings (SSSR count). The molecule has 170 valence electrons. The number of benzene rings is 2. The second-order valence-electron chi connectivity index (χ2n) is 8.57. The highest BCUT2D eigenvalue weighted by Crippen LogP contribution is 2.39. The first-order chi connectivity index (χ1) is 16.1. The molecule has 0 saturated carbocycles. The van der Waals surface area contributed by atoms with Crippen LogP contribution in [0.2, 0.25) is 0 Å². The predicted molar refractivity (Wildman–Crippen MR) is 126 cm³/mol. The lowest BCUT2D eigenvalue weighted by Crippen LogP contribution is -2.61. The van der Waals surface area contributed by atoms with E-state index in [0.717, 1.165) is 41.3 Å². The summed E-state index contributed by atoms with van der Waals surface area (Å²) in [6, 6.07) is 16.5. The fourth-order valence-electron chi connectivity index (χ4n) is 4.91. The van der Waals surface area contributed by atoms with Crippen LogP contribution in [0.4, 0.5) is 15.8 Å². The zero-order chi connectivity index (χ0) is 22.8. The molecule has 0 radical (unpaired) electrons. The van der Waals surface area contributed by atoms with Gasteiger partial charge in [0.25, 0.3) is 0 Å². The summed E-state index contributed by atoms with van der Waals surface area (Å²) >= 11 is 0. The van der Waals surface area contributed by atoms with E-state index in [-0.39, 0.29) is 23.7 Å². The number of ether oxygens (including phenoxy) is 1. The fraction of sp³-hybridized carbons (Fsp3) is 0.308. The van der Waals surface area contributed by atoms with Gasteiger partial charge in [0, 0.05) is 56.0 Å². The average molecular weight is 447 g/mol. The molecule has 3 heterocycles. The SMILES string of the molecule is COc1ccc2c(c1)N1CCN(c3ccc(F)cc3)C[C@H]1[C@@H](C(=O)NCc1cccnc1)C2. The Bertz CT molecular complexity index is 1120. The van der Waals surface area contributed by atoms with Crippen molar-refractivity contribution in [3.63, 3.8) is 0 Å². The van der Waals surface area contributed by atoms with Crippen LogP contribution >= 0.6 is 0 Å². The van der Waals surface area contributed by atoms with E-state index in [9.17, 15) is 9.18 Å². The third kappa shape index (κ3) is 4.35. The molecule has 1 saturated heterocycles. The first kappa shape index (κ1) is 21.2. The molecule has 2 aliphatic rings. The Morgan fingerprint density at radius 3 is 2.79 bits per heavy atom. The molecular formula is C26H27FN4O2. The molecule has 2 aromatic carbocycles. The molecule has 1 N–H and O–H groups in total. The number of aromatic nitrogens is 1. The molecule has 3 aromatic rings. The minimum atomic E-state index is -0.247. The van der Waals surface area contributed by atoms with E-state index in [2.05, 4.69) is 32.2 Å². The van der Waals surface area contributed by atoms with Gasteiger partial charge in [-0.05, 0) is 53.9 Å². The van der Waals surface area contributed by atoms with E-state index in [0.29, 0.717) is 19.5 Å². The number of amides is 1. The number of hydrogen-bond donors (Lipinski definition) is 1. The maximum Gasteiger partial charge on any atom is 0.225 e. The molecule has 2 aliphatic heterocycles. The van der Waals surface area contributed by atoms with Gasteiger partial charge >= 0.3 is 0 Å². The predicted octanol–water partition coefficient (Wildman–Crippen LogP) is 3.41. The standard InChI is InChI=1S/C26H27FN4O2/c1-33-22-9-4-19-13-23(26(32)29-16-18-3-2-10-28-15-18)25-17-30(11-12-31(25)24(19)14-22)21-7-5-20(27)6-8-21/h2-10,14-15,23,25H,11-13,16-17H2,1H3,(H,29,32)/t23-,25-/m0/s1. The molecule has 0 bridgehead atoms. The summed E-state index contributed by atoms with van der Waals surface area (Å²) in [6.45, 7) is 2.71. The molecule has 1 fully saturated rings. The molecule has 1 aromatic heterocycles. The Hall–Kier alpha value is -3.61. The van der Waals surface area contributed by atoms with Gasteiger partial charge in [-0.2, -0.15) is 0 Å². The summed E-state index contributed by atoms with van der Waals surface area (Å²) in [4.78, 5) is 22.1. The summed E-state index contributed by atoms with van der Waals surface area (Å²) in [7, 11) is 1.67. The monoisotopic (exact) mass is 446 g/mol. The van der Waals surface area contributed by atoms with Gasteiger partial charge in [0.05, 0.1) is 19.1 Å². The zero-order valence-corrected chi connectivity index (χ0v) is 18.6. The summed E-state index contributed by atoms with van der Waals surface area (Å²) in [6.07, 6.45) is 4.16. The summed E-state index contributed by atoms with van der Waals surface area (Å²) in [5.74, 6) is 0.402. The number of nitrogens with one attached hydrogen (secondary N) is 1. The van der Waals surface area contributed by atoms with Crippen molar-refractivity contribution in [3.05, 3.63) is 83.9 Å². The Kier molecular flexibility index (Phi) is 5.86. The summed E-state index contributed by atoms with van der Waals surface area (Å²) < 4.78 is 18.9. The van der Waals surface area contributed by atoms with Crippen LogP contribution in [-0.4, -0.2) is 43.7 Å². The van der Waals surface area contributed by atoms with Gasteiger partial charge in [-0.25, -0.2) is 4.39 Å². The van der Waals surface area contributed by atoms with E-state index < -0.39 is 0 Å². The number of pyridine rings is 1. The molecule has 7 heteroatoms. The van der Waals surface area contributed by atoms with E-state index >= 15 is 0 Å². The highest BCUT2D eigenvalue weighted by atomic mass is 19.1. The number of carbonyl (C=O) groups is 1.